The normalized spacial score (nSPS) is 14.7. The average molecular weight is 265 g/mol. The second kappa shape index (κ2) is 6.85. The van der Waals surface area contributed by atoms with Crippen LogP contribution in [0.3, 0.4) is 0 Å². The van der Waals surface area contributed by atoms with Crippen LogP contribution in [0.25, 0.3) is 0 Å². The Morgan fingerprint density at radius 1 is 1.42 bits per heavy atom. The van der Waals surface area contributed by atoms with Crippen LogP contribution in [-0.2, 0) is 6.54 Å². The van der Waals surface area contributed by atoms with E-state index in [1.54, 1.807) is 12.3 Å². The summed E-state index contributed by atoms with van der Waals surface area (Å²) >= 11 is 0. The molecule has 0 spiro atoms. The minimum absolute atomic E-state index is 0.159. The maximum atomic E-state index is 14.5. The van der Waals surface area contributed by atoms with Crippen molar-refractivity contribution < 1.29 is 4.39 Å². The Bertz CT molecular complexity index is 404. The Morgan fingerprint density at radius 2 is 2.21 bits per heavy atom. The summed E-state index contributed by atoms with van der Waals surface area (Å²) in [6, 6.07) is 1.77. The number of aromatic nitrogens is 1. The van der Waals surface area contributed by atoms with Gasteiger partial charge in [0, 0.05) is 31.4 Å². The van der Waals surface area contributed by atoms with Gasteiger partial charge in [-0.25, -0.2) is 9.37 Å². The van der Waals surface area contributed by atoms with Crippen LogP contribution in [0.2, 0.25) is 0 Å². The molecular formula is C15H24FN3. The number of hydrogen-bond acceptors (Lipinski definition) is 3. The third kappa shape index (κ3) is 3.90. The molecule has 2 rings (SSSR count). The predicted octanol–water partition coefficient (Wildman–Crippen LogP) is 2.96. The van der Waals surface area contributed by atoms with Gasteiger partial charge >= 0.3 is 0 Å². The van der Waals surface area contributed by atoms with Crippen LogP contribution in [0.4, 0.5) is 10.2 Å². The van der Waals surface area contributed by atoms with Gasteiger partial charge in [-0.15, -0.1) is 0 Å². The van der Waals surface area contributed by atoms with Gasteiger partial charge in [0.05, 0.1) is 0 Å². The highest BCUT2D eigenvalue weighted by Gasteiger charge is 2.26. The van der Waals surface area contributed by atoms with Gasteiger partial charge in [0.1, 0.15) is 0 Å². The first-order chi connectivity index (χ1) is 9.26. The van der Waals surface area contributed by atoms with E-state index in [0.717, 1.165) is 32.0 Å². The van der Waals surface area contributed by atoms with Crippen molar-refractivity contribution in [2.24, 2.45) is 5.92 Å². The van der Waals surface area contributed by atoms with E-state index in [9.17, 15) is 4.39 Å². The lowest BCUT2D eigenvalue weighted by Gasteiger charge is -2.23. The van der Waals surface area contributed by atoms with Crippen molar-refractivity contribution in [2.75, 3.05) is 24.5 Å². The number of halogens is 1. The second-order valence-electron chi connectivity index (χ2n) is 5.27. The number of nitrogens with one attached hydrogen (secondary N) is 1. The fraction of sp³-hybridized carbons (Fsp3) is 0.667. The van der Waals surface area contributed by atoms with Crippen molar-refractivity contribution in [3.63, 3.8) is 0 Å². The summed E-state index contributed by atoms with van der Waals surface area (Å²) in [5.74, 6) is 1.10. The Balaban J connectivity index is 2.07. The quantitative estimate of drug-likeness (QED) is 0.732. The molecule has 0 amide bonds. The van der Waals surface area contributed by atoms with Crippen LogP contribution in [0.15, 0.2) is 12.3 Å². The summed E-state index contributed by atoms with van der Waals surface area (Å²) in [6.45, 7) is 7.41. The van der Waals surface area contributed by atoms with Crippen LogP contribution in [0.5, 0.6) is 0 Å². The van der Waals surface area contributed by atoms with Crippen molar-refractivity contribution >= 4 is 5.82 Å². The van der Waals surface area contributed by atoms with E-state index in [4.69, 9.17) is 0 Å². The first-order valence-electron chi connectivity index (χ1n) is 7.35. The van der Waals surface area contributed by atoms with E-state index >= 15 is 0 Å². The fourth-order valence-corrected chi connectivity index (χ4v) is 2.21. The van der Waals surface area contributed by atoms with Crippen LogP contribution in [-0.4, -0.2) is 24.6 Å². The summed E-state index contributed by atoms with van der Waals surface area (Å²) in [4.78, 5) is 6.31. The standard InChI is InChI=1S/C15H24FN3/c1-3-8-17-10-13-7-9-18-15(14(13)16)19(4-2)11-12-5-6-12/h7,9,12,17H,3-6,8,10-11H2,1-2H3. The highest BCUT2D eigenvalue weighted by molar-refractivity contribution is 5.43. The zero-order chi connectivity index (χ0) is 13.7. The van der Waals surface area contributed by atoms with Crippen LogP contribution in [0.1, 0.15) is 38.7 Å². The summed E-state index contributed by atoms with van der Waals surface area (Å²) < 4.78 is 14.5. The molecule has 19 heavy (non-hydrogen) atoms. The summed E-state index contributed by atoms with van der Waals surface area (Å²) in [7, 11) is 0. The van der Waals surface area contributed by atoms with Crippen molar-refractivity contribution in [1.29, 1.82) is 0 Å². The van der Waals surface area contributed by atoms with Gasteiger partial charge in [0.2, 0.25) is 0 Å². The lowest BCUT2D eigenvalue weighted by atomic mass is 10.2. The molecule has 0 bridgehead atoms. The lowest BCUT2D eigenvalue weighted by molar-refractivity contribution is 0.571. The molecule has 1 aliphatic carbocycles. The van der Waals surface area contributed by atoms with Crippen molar-refractivity contribution in [1.82, 2.24) is 10.3 Å². The smallest absolute Gasteiger partial charge is 0.170 e. The van der Waals surface area contributed by atoms with E-state index in [0.29, 0.717) is 17.9 Å². The minimum atomic E-state index is -0.159. The predicted molar refractivity (Wildman–Crippen MR) is 76.8 cm³/mol. The average Bonchev–Trinajstić information content (AvgIpc) is 3.23. The van der Waals surface area contributed by atoms with Gasteiger partial charge in [0.25, 0.3) is 0 Å². The molecule has 0 aromatic carbocycles. The summed E-state index contributed by atoms with van der Waals surface area (Å²) in [5, 5.41) is 3.24. The minimum Gasteiger partial charge on any atom is -0.354 e. The fourth-order valence-electron chi connectivity index (χ4n) is 2.21. The van der Waals surface area contributed by atoms with Crippen LogP contribution >= 0.6 is 0 Å². The lowest BCUT2D eigenvalue weighted by Crippen LogP contribution is -2.28. The molecule has 1 aromatic rings. The summed E-state index contributed by atoms with van der Waals surface area (Å²) in [5.41, 5.74) is 0.715. The molecule has 106 valence electrons. The third-order valence-corrected chi connectivity index (χ3v) is 3.55. The van der Waals surface area contributed by atoms with Crippen LogP contribution in [0, 0.1) is 11.7 Å². The first-order valence-corrected chi connectivity index (χ1v) is 7.35. The Labute approximate surface area is 115 Å². The van der Waals surface area contributed by atoms with E-state index in [-0.39, 0.29) is 5.82 Å². The number of pyridine rings is 1. The van der Waals surface area contributed by atoms with Gasteiger partial charge in [-0.2, -0.15) is 0 Å². The molecule has 1 N–H and O–H groups in total. The number of nitrogens with zero attached hydrogens (tertiary/aromatic N) is 2. The molecule has 0 radical (unpaired) electrons. The molecular weight excluding hydrogens is 241 g/mol. The van der Waals surface area contributed by atoms with Crippen molar-refractivity contribution in [2.45, 2.75) is 39.7 Å². The zero-order valence-electron chi connectivity index (χ0n) is 12.0. The number of hydrogen-bond donors (Lipinski definition) is 1. The maximum absolute atomic E-state index is 14.5. The molecule has 1 aromatic heterocycles. The topological polar surface area (TPSA) is 28.2 Å². The van der Waals surface area contributed by atoms with Crippen LogP contribution < -0.4 is 10.2 Å². The Morgan fingerprint density at radius 3 is 2.84 bits per heavy atom. The van der Waals surface area contributed by atoms with E-state index < -0.39 is 0 Å². The van der Waals surface area contributed by atoms with E-state index in [1.807, 2.05) is 0 Å². The Kier molecular flexibility index (Phi) is 5.14. The van der Waals surface area contributed by atoms with Crippen molar-refractivity contribution in [3.8, 4) is 0 Å². The zero-order valence-corrected chi connectivity index (χ0v) is 12.0. The van der Waals surface area contributed by atoms with Gasteiger partial charge in [0.15, 0.2) is 11.6 Å². The van der Waals surface area contributed by atoms with Gasteiger partial charge in [-0.3, -0.25) is 0 Å². The maximum Gasteiger partial charge on any atom is 0.170 e. The highest BCUT2D eigenvalue weighted by Crippen LogP contribution is 2.31. The monoisotopic (exact) mass is 265 g/mol. The summed E-state index contributed by atoms with van der Waals surface area (Å²) in [6.07, 6.45) is 5.32. The molecule has 3 nitrogen and oxygen atoms in total. The van der Waals surface area contributed by atoms with Crippen molar-refractivity contribution in [3.05, 3.63) is 23.6 Å². The molecule has 1 saturated carbocycles. The van der Waals surface area contributed by atoms with Gasteiger partial charge in [-0.1, -0.05) is 6.92 Å². The molecule has 0 saturated heterocycles. The number of rotatable bonds is 8. The Hall–Kier alpha value is -1.16. The second-order valence-corrected chi connectivity index (χ2v) is 5.27. The largest absolute Gasteiger partial charge is 0.354 e. The van der Waals surface area contributed by atoms with Gasteiger partial charge < -0.3 is 10.2 Å². The third-order valence-electron chi connectivity index (χ3n) is 3.55. The van der Waals surface area contributed by atoms with Gasteiger partial charge in [-0.05, 0) is 44.7 Å². The van der Waals surface area contributed by atoms with E-state index in [2.05, 4.69) is 29.0 Å². The van der Waals surface area contributed by atoms with E-state index in [1.165, 1.54) is 12.8 Å². The molecule has 0 atom stereocenters. The number of anilines is 1. The molecule has 4 heteroatoms. The first kappa shape index (κ1) is 14.3. The SMILES string of the molecule is CCCNCc1ccnc(N(CC)CC2CC2)c1F. The molecule has 1 fully saturated rings. The molecule has 0 unspecified atom stereocenters. The highest BCUT2D eigenvalue weighted by atomic mass is 19.1. The molecule has 1 aliphatic rings. The molecule has 1 heterocycles. The molecule has 0 aliphatic heterocycles.